The van der Waals surface area contributed by atoms with Crippen molar-refractivity contribution in [2.45, 2.75) is 71.6 Å². The highest BCUT2D eigenvalue weighted by molar-refractivity contribution is 6.29. The van der Waals surface area contributed by atoms with Gasteiger partial charge in [-0.2, -0.15) is 0 Å². The molecular formula is C27H34O3. The Morgan fingerprint density at radius 3 is 2.27 bits per heavy atom. The monoisotopic (exact) mass is 406 g/mol. The molecule has 0 aliphatic heterocycles. The van der Waals surface area contributed by atoms with Gasteiger partial charge in [-0.3, -0.25) is 9.59 Å². The number of rotatable bonds is 3. The maximum absolute atomic E-state index is 13.0. The molecule has 3 nitrogen and oxygen atoms in total. The summed E-state index contributed by atoms with van der Waals surface area (Å²) >= 11 is 0. The lowest BCUT2D eigenvalue weighted by molar-refractivity contribution is -0.119. The summed E-state index contributed by atoms with van der Waals surface area (Å²) in [5.41, 5.74) is 2.24. The van der Waals surface area contributed by atoms with Crippen molar-refractivity contribution >= 4 is 17.6 Å². The van der Waals surface area contributed by atoms with Crippen molar-refractivity contribution in [2.24, 2.45) is 0 Å². The van der Waals surface area contributed by atoms with Crippen molar-refractivity contribution in [3.63, 3.8) is 0 Å². The molecule has 0 radical (unpaired) electrons. The molecular weight excluding hydrogens is 372 g/mol. The van der Waals surface area contributed by atoms with Crippen LogP contribution in [0.2, 0.25) is 0 Å². The van der Waals surface area contributed by atoms with Gasteiger partial charge >= 0.3 is 0 Å². The summed E-state index contributed by atoms with van der Waals surface area (Å²) in [6.45, 7) is 16.2. The molecule has 160 valence electrons. The Bertz CT molecular complexity index is 947. The van der Waals surface area contributed by atoms with Crippen molar-refractivity contribution in [2.75, 3.05) is 0 Å². The molecule has 0 spiro atoms. The number of aromatic hydroxyl groups is 1. The van der Waals surface area contributed by atoms with Crippen molar-refractivity contribution in [1.29, 1.82) is 0 Å². The molecule has 2 rings (SSSR count). The Labute approximate surface area is 180 Å². The standard InChI is InChI=1S/C27H34O3/c1-8-27(6,7)22-17-19(16-21(25(22)30)26(3,4)5)15-20-23(28)14-12-10-9-11-13-18(2)24(20)29/h10-13,15-17,30H,2,8-9,14H2,1,3-7H3/b12-10-,13-11-,20-15-. The van der Waals surface area contributed by atoms with Gasteiger partial charge in [0.25, 0.3) is 0 Å². The van der Waals surface area contributed by atoms with E-state index in [1.165, 1.54) is 0 Å². The molecule has 0 bridgehead atoms. The maximum Gasteiger partial charge on any atom is 0.196 e. The molecule has 1 aliphatic carbocycles. The molecule has 0 aromatic heterocycles. The van der Waals surface area contributed by atoms with Gasteiger partial charge in [0.15, 0.2) is 11.6 Å². The summed E-state index contributed by atoms with van der Waals surface area (Å²) in [6, 6.07) is 3.78. The molecule has 1 N–H and O–H groups in total. The van der Waals surface area contributed by atoms with Crippen molar-refractivity contribution < 1.29 is 14.7 Å². The third kappa shape index (κ3) is 5.27. The summed E-state index contributed by atoms with van der Waals surface area (Å²) in [4.78, 5) is 25.8. The van der Waals surface area contributed by atoms with E-state index in [4.69, 9.17) is 0 Å². The molecule has 0 amide bonds. The number of phenolic OH excluding ortho intramolecular Hbond substituents is 1. The average molecular weight is 407 g/mol. The molecule has 0 saturated carbocycles. The van der Waals surface area contributed by atoms with Crippen LogP contribution in [0.4, 0.5) is 0 Å². The van der Waals surface area contributed by atoms with E-state index in [2.05, 4.69) is 27.4 Å². The van der Waals surface area contributed by atoms with Crippen molar-refractivity contribution in [3.05, 3.63) is 70.9 Å². The molecule has 0 unspecified atom stereocenters. The fraction of sp³-hybridized carbons (Fsp3) is 0.407. The summed E-state index contributed by atoms with van der Waals surface area (Å²) in [5, 5.41) is 11.0. The quantitative estimate of drug-likeness (QED) is 0.361. The lowest BCUT2D eigenvalue weighted by Crippen LogP contribution is -2.20. The molecule has 1 aliphatic rings. The number of benzene rings is 1. The molecule has 0 saturated heterocycles. The van der Waals surface area contributed by atoms with Gasteiger partial charge in [-0.1, -0.05) is 72.4 Å². The van der Waals surface area contributed by atoms with Gasteiger partial charge in [0.2, 0.25) is 0 Å². The van der Waals surface area contributed by atoms with Gasteiger partial charge in [-0.05, 0) is 47.4 Å². The third-order valence-corrected chi connectivity index (χ3v) is 5.76. The van der Waals surface area contributed by atoms with E-state index in [1.54, 1.807) is 18.2 Å². The van der Waals surface area contributed by atoms with E-state index in [-0.39, 0.29) is 40.1 Å². The second-order valence-electron chi connectivity index (χ2n) is 9.60. The first kappa shape index (κ1) is 23.6. The minimum Gasteiger partial charge on any atom is -0.507 e. The first-order chi connectivity index (χ1) is 13.9. The van der Waals surface area contributed by atoms with Crippen LogP contribution in [-0.2, 0) is 20.4 Å². The van der Waals surface area contributed by atoms with Crippen LogP contribution in [0.5, 0.6) is 5.75 Å². The highest BCUT2D eigenvalue weighted by Crippen LogP contribution is 2.41. The van der Waals surface area contributed by atoms with E-state index >= 15 is 0 Å². The van der Waals surface area contributed by atoms with E-state index in [9.17, 15) is 14.7 Å². The number of phenols is 1. The minimum absolute atomic E-state index is 0.127. The van der Waals surface area contributed by atoms with Crippen LogP contribution in [0, 0.1) is 0 Å². The van der Waals surface area contributed by atoms with E-state index in [0.717, 1.165) is 23.1 Å². The number of hydrogen-bond donors (Lipinski definition) is 1. The Morgan fingerprint density at radius 2 is 1.67 bits per heavy atom. The van der Waals surface area contributed by atoms with Crippen LogP contribution in [0.3, 0.4) is 0 Å². The molecule has 0 fully saturated rings. The average Bonchev–Trinajstić information content (AvgIpc) is 2.67. The molecule has 0 heterocycles. The van der Waals surface area contributed by atoms with Crippen LogP contribution in [0.25, 0.3) is 6.08 Å². The van der Waals surface area contributed by atoms with Crippen LogP contribution >= 0.6 is 0 Å². The lowest BCUT2D eigenvalue weighted by Gasteiger charge is -2.29. The van der Waals surface area contributed by atoms with Crippen LogP contribution in [0.1, 0.15) is 77.5 Å². The van der Waals surface area contributed by atoms with Crippen molar-refractivity contribution in [3.8, 4) is 5.75 Å². The number of carbonyl (C=O) groups excluding carboxylic acids is 2. The first-order valence-electron chi connectivity index (χ1n) is 10.6. The van der Waals surface area contributed by atoms with Gasteiger partial charge in [-0.25, -0.2) is 0 Å². The van der Waals surface area contributed by atoms with Gasteiger partial charge in [0, 0.05) is 23.1 Å². The summed E-state index contributed by atoms with van der Waals surface area (Å²) in [5.74, 6) is -0.294. The first-order valence-corrected chi connectivity index (χ1v) is 10.6. The molecule has 0 atom stereocenters. The van der Waals surface area contributed by atoms with Gasteiger partial charge in [0.1, 0.15) is 5.75 Å². The van der Waals surface area contributed by atoms with Crippen LogP contribution in [-0.4, -0.2) is 16.7 Å². The Kier molecular flexibility index (Phi) is 7.07. The minimum atomic E-state index is -0.353. The fourth-order valence-electron chi connectivity index (χ4n) is 3.39. The Hall–Kier alpha value is -2.68. The number of hydrogen-bond acceptors (Lipinski definition) is 3. The highest BCUT2D eigenvalue weighted by Gasteiger charge is 2.28. The second-order valence-corrected chi connectivity index (χ2v) is 9.60. The number of ketones is 2. The molecule has 30 heavy (non-hydrogen) atoms. The zero-order chi connectivity index (χ0) is 22.7. The van der Waals surface area contributed by atoms with Gasteiger partial charge < -0.3 is 5.11 Å². The lowest BCUT2D eigenvalue weighted by atomic mass is 9.76. The normalized spacial score (nSPS) is 19.8. The molecule has 1 aromatic carbocycles. The summed E-state index contributed by atoms with van der Waals surface area (Å²) < 4.78 is 0. The van der Waals surface area contributed by atoms with E-state index < -0.39 is 0 Å². The number of Topliss-reactive ketones (excluding diaryl/α,β-unsaturated/α-hetero) is 2. The van der Waals surface area contributed by atoms with E-state index in [1.807, 2.05) is 45.1 Å². The zero-order valence-electron chi connectivity index (χ0n) is 19.1. The maximum atomic E-state index is 13.0. The second kappa shape index (κ2) is 8.99. The highest BCUT2D eigenvalue weighted by atomic mass is 16.3. The summed E-state index contributed by atoms with van der Waals surface area (Å²) in [7, 11) is 0. The number of carbonyl (C=O) groups is 2. The molecule has 3 heteroatoms. The Morgan fingerprint density at radius 1 is 1.03 bits per heavy atom. The zero-order valence-corrected chi connectivity index (χ0v) is 19.1. The summed E-state index contributed by atoms with van der Waals surface area (Å²) in [6.07, 6.45) is 10.6. The van der Waals surface area contributed by atoms with Crippen molar-refractivity contribution in [1.82, 2.24) is 0 Å². The fourth-order valence-corrected chi connectivity index (χ4v) is 3.39. The molecule has 1 aromatic rings. The third-order valence-electron chi connectivity index (χ3n) is 5.76. The van der Waals surface area contributed by atoms with E-state index in [0.29, 0.717) is 12.0 Å². The largest absolute Gasteiger partial charge is 0.507 e. The predicted molar refractivity (Wildman–Crippen MR) is 125 cm³/mol. The van der Waals surface area contributed by atoms with Crippen LogP contribution in [0.15, 0.2) is 54.2 Å². The van der Waals surface area contributed by atoms with Gasteiger partial charge in [0.05, 0.1) is 5.57 Å². The van der Waals surface area contributed by atoms with Crippen LogP contribution < -0.4 is 0 Å². The number of allylic oxidation sites excluding steroid dienone is 6. The van der Waals surface area contributed by atoms with Gasteiger partial charge in [-0.15, -0.1) is 0 Å². The topological polar surface area (TPSA) is 54.4 Å². The smallest absolute Gasteiger partial charge is 0.196 e. The SMILES string of the molecule is C=C1/C=C\C/C=C\CC(=O)/C(=C/c2cc(C(C)(C)C)c(O)c(C(C)(C)CC)c2)C1=O. The Balaban J connectivity index is 2.74. The predicted octanol–water partition coefficient (Wildman–Crippen LogP) is 6.36.